The number of hydrogen-bond donors (Lipinski definition) is 1. The third-order valence-corrected chi connectivity index (χ3v) is 4.47. The van der Waals surface area contributed by atoms with Crippen LogP contribution in [0.3, 0.4) is 0 Å². The molecule has 0 aliphatic rings. The fourth-order valence-corrected chi connectivity index (χ4v) is 2.80. The quantitative estimate of drug-likeness (QED) is 0.820. The van der Waals surface area contributed by atoms with Crippen LogP contribution in [-0.4, -0.2) is 24.2 Å². The Morgan fingerprint density at radius 2 is 1.74 bits per heavy atom. The lowest BCUT2D eigenvalue weighted by atomic mass is 10.1. The number of ether oxygens (including phenoxy) is 1. The molecule has 0 saturated heterocycles. The summed E-state index contributed by atoms with van der Waals surface area (Å²) in [4.78, 5) is 23.5. The van der Waals surface area contributed by atoms with Crippen LogP contribution in [0.2, 0.25) is 0 Å². The topological polar surface area (TPSA) is 55.4 Å². The molecule has 2 rings (SSSR count). The van der Waals surface area contributed by atoms with Crippen molar-refractivity contribution in [2.75, 3.05) is 12.4 Å². The molecule has 1 unspecified atom stereocenters. The molecular formula is C18H19NO3S. The van der Waals surface area contributed by atoms with Crippen molar-refractivity contribution in [1.29, 1.82) is 0 Å². The average Bonchev–Trinajstić information content (AvgIpc) is 2.60. The van der Waals surface area contributed by atoms with E-state index >= 15 is 0 Å². The molecule has 2 aromatic carbocycles. The van der Waals surface area contributed by atoms with E-state index in [0.29, 0.717) is 11.3 Å². The van der Waals surface area contributed by atoms with Crippen LogP contribution in [0.4, 0.5) is 5.69 Å². The number of anilines is 1. The first-order valence-corrected chi connectivity index (χ1v) is 8.30. The van der Waals surface area contributed by atoms with Gasteiger partial charge in [-0.05, 0) is 36.8 Å². The Bertz CT molecular complexity index is 656. The molecule has 0 radical (unpaired) electrons. The van der Waals surface area contributed by atoms with E-state index in [1.54, 1.807) is 12.1 Å². The first-order valence-electron chi connectivity index (χ1n) is 7.25. The molecule has 0 heterocycles. The summed E-state index contributed by atoms with van der Waals surface area (Å²) in [5.41, 5.74) is 2.43. The van der Waals surface area contributed by atoms with Gasteiger partial charge in [-0.3, -0.25) is 9.59 Å². The Morgan fingerprint density at radius 1 is 1.09 bits per heavy atom. The third kappa shape index (κ3) is 5.14. The standard InChI is InChI=1S/C18H19NO3S/c1-13(18(21)22-2)23-12-14-8-10-15(11-9-14)17(20)19-16-6-4-3-5-7-16/h3-11,13H,12H2,1-2H3,(H,19,20). The van der Waals surface area contributed by atoms with Crippen LogP contribution in [0.5, 0.6) is 0 Å². The zero-order chi connectivity index (χ0) is 16.7. The highest BCUT2D eigenvalue weighted by Crippen LogP contribution is 2.19. The number of para-hydroxylation sites is 1. The van der Waals surface area contributed by atoms with Gasteiger partial charge in [-0.1, -0.05) is 30.3 Å². The van der Waals surface area contributed by atoms with E-state index in [2.05, 4.69) is 5.32 Å². The second-order valence-corrected chi connectivity index (χ2v) is 6.32. The number of carbonyl (C=O) groups excluding carboxylic acids is 2. The minimum Gasteiger partial charge on any atom is -0.468 e. The lowest BCUT2D eigenvalue weighted by molar-refractivity contribution is -0.139. The number of esters is 1. The molecule has 0 saturated carbocycles. The summed E-state index contributed by atoms with van der Waals surface area (Å²) in [6.45, 7) is 1.82. The van der Waals surface area contributed by atoms with E-state index in [1.165, 1.54) is 18.9 Å². The molecule has 0 aliphatic heterocycles. The summed E-state index contributed by atoms with van der Waals surface area (Å²) in [5.74, 6) is 0.323. The van der Waals surface area contributed by atoms with Gasteiger partial charge in [-0.2, -0.15) is 0 Å². The molecule has 4 nitrogen and oxygen atoms in total. The summed E-state index contributed by atoms with van der Waals surface area (Å²) in [7, 11) is 1.39. The molecular weight excluding hydrogens is 310 g/mol. The number of rotatable bonds is 6. The van der Waals surface area contributed by atoms with Crippen molar-refractivity contribution in [3.63, 3.8) is 0 Å². The van der Waals surface area contributed by atoms with Crippen molar-refractivity contribution in [2.45, 2.75) is 17.9 Å². The number of hydrogen-bond acceptors (Lipinski definition) is 4. The van der Waals surface area contributed by atoms with Crippen LogP contribution in [0.15, 0.2) is 54.6 Å². The van der Waals surface area contributed by atoms with E-state index in [4.69, 9.17) is 4.74 Å². The van der Waals surface area contributed by atoms with Gasteiger partial charge < -0.3 is 10.1 Å². The second-order valence-electron chi connectivity index (χ2n) is 4.99. The maximum atomic E-state index is 12.1. The first-order chi connectivity index (χ1) is 11.1. The summed E-state index contributed by atoms with van der Waals surface area (Å²) in [6.07, 6.45) is 0. The molecule has 0 aromatic heterocycles. The largest absolute Gasteiger partial charge is 0.468 e. The van der Waals surface area contributed by atoms with Crippen LogP contribution >= 0.6 is 11.8 Å². The summed E-state index contributed by atoms with van der Waals surface area (Å²) < 4.78 is 4.69. The molecule has 0 fully saturated rings. The van der Waals surface area contributed by atoms with Gasteiger partial charge in [0.15, 0.2) is 0 Å². The predicted octanol–water partition coefficient (Wildman–Crippen LogP) is 3.73. The van der Waals surface area contributed by atoms with Crippen LogP contribution in [0.1, 0.15) is 22.8 Å². The van der Waals surface area contributed by atoms with Crippen LogP contribution in [-0.2, 0) is 15.3 Å². The predicted molar refractivity (Wildman–Crippen MR) is 93.6 cm³/mol. The van der Waals surface area contributed by atoms with Crippen LogP contribution in [0, 0.1) is 0 Å². The van der Waals surface area contributed by atoms with E-state index in [0.717, 1.165) is 11.3 Å². The summed E-state index contributed by atoms with van der Waals surface area (Å²) >= 11 is 1.50. The molecule has 120 valence electrons. The van der Waals surface area contributed by atoms with E-state index in [-0.39, 0.29) is 17.1 Å². The van der Waals surface area contributed by atoms with Gasteiger partial charge in [0.2, 0.25) is 0 Å². The highest BCUT2D eigenvalue weighted by atomic mass is 32.2. The molecule has 1 amide bonds. The lowest BCUT2D eigenvalue weighted by Gasteiger charge is -2.09. The highest BCUT2D eigenvalue weighted by Gasteiger charge is 2.13. The molecule has 1 N–H and O–H groups in total. The van der Waals surface area contributed by atoms with Gasteiger partial charge >= 0.3 is 5.97 Å². The Hall–Kier alpha value is -2.27. The number of amides is 1. The Balaban J connectivity index is 1.91. The van der Waals surface area contributed by atoms with Gasteiger partial charge in [0.25, 0.3) is 5.91 Å². The van der Waals surface area contributed by atoms with Crippen molar-refractivity contribution in [1.82, 2.24) is 0 Å². The van der Waals surface area contributed by atoms with Crippen molar-refractivity contribution in [3.05, 3.63) is 65.7 Å². The van der Waals surface area contributed by atoms with Gasteiger partial charge in [-0.15, -0.1) is 11.8 Å². The molecule has 5 heteroatoms. The smallest absolute Gasteiger partial charge is 0.318 e. The van der Waals surface area contributed by atoms with Crippen molar-refractivity contribution in [2.24, 2.45) is 0 Å². The highest BCUT2D eigenvalue weighted by molar-refractivity contribution is 7.99. The maximum absolute atomic E-state index is 12.1. The van der Waals surface area contributed by atoms with Gasteiger partial charge in [0.1, 0.15) is 0 Å². The van der Waals surface area contributed by atoms with Gasteiger partial charge in [-0.25, -0.2) is 0 Å². The normalized spacial score (nSPS) is 11.6. The second kappa shape index (κ2) is 8.39. The average molecular weight is 329 g/mol. The fraction of sp³-hybridized carbons (Fsp3) is 0.222. The summed E-state index contributed by atoms with van der Waals surface area (Å²) in [6, 6.07) is 16.7. The van der Waals surface area contributed by atoms with Crippen LogP contribution < -0.4 is 5.32 Å². The van der Waals surface area contributed by atoms with E-state index in [1.807, 2.05) is 49.4 Å². The molecule has 0 spiro atoms. The number of thioether (sulfide) groups is 1. The number of benzene rings is 2. The lowest BCUT2D eigenvalue weighted by Crippen LogP contribution is -2.15. The van der Waals surface area contributed by atoms with Gasteiger partial charge in [0.05, 0.1) is 12.4 Å². The molecule has 0 bridgehead atoms. The van der Waals surface area contributed by atoms with Crippen molar-refractivity contribution in [3.8, 4) is 0 Å². The Morgan fingerprint density at radius 3 is 2.35 bits per heavy atom. The number of methoxy groups -OCH3 is 1. The summed E-state index contributed by atoms with van der Waals surface area (Å²) in [5, 5.41) is 2.64. The SMILES string of the molecule is COC(=O)C(C)SCc1ccc(C(=O)Nc2ccccc2)cc1. The van der Waals surface area contributed by atoms with Crippen LogP contribution in [0.25, 0.3) is 0 Å². The molecule has 1 atom stereocenters. The fourth-order valence-electron chi connectivity index (χ4n) is 1.93. The Labute approximate surface area is 140 Å². The number of carbonyl (C=O) groups is 2. The monoisotopic (exact) mass is 329 g/mol. The minimum atomic E-state index is -0.228. The zero-order valence-corrected chi connectivity index (χ0v) is 13.9. The van der Waals surface area contributed by atoms with E-state index in [9.17, 15) is 9.59 Å². The molecule has 23 heavy (non-hydrogen) atoms. The third-order valence-electron chi connectivity index (χ3n) is 3.28. The van der Waals surface area contributed by atoms with Crippen molar-refractivity contribution >= 4 is 29.3 Å². The molecule has 2 aromatic rings. The van der Waals surface area contributed by atoms with E-state index < -0.39 is 0 Å². The van der Waals surface area contributed by atoms with Gasteiger partial charge in [0, 0.05) is 17.0 Å². The molecule has 0 aliphatic carbocycles. The zero-order valence-electron chi connectivity index (χ0n) is 13.1. The maximum Gasteiger partial charge on any atom is 0.318 e. The minimum absolute atomic E-state index is 0.140. The van der Waals surface area contributed by atoms with Crippen molar-refractivity contribution < 1.29 is 14.3 Å². The Kier molecular flexibility index (Phi) is 6.23. The first kappa shape index (κ1) is 17.1. The number of nitrogens with one attached hydrogen (secondary N) is 1.